The van der Waals surface area contributed by atoms with Gasteiger partial charge in [0.25, 0.3) is 0 Å². The Labute approximate surface area is 99.8 Å². The molecule has 2 aromatic rings. The topological polar surface area (TPSA) is 27.1 Å². The number of hydrogen-bond donors (Lipinski definition) is 0. The molecule has 1 aromatic heterocycles. The van der Waals surface area contributed by atoms with Crippen molar-refractivity contribution in [1.29, 1.82) is 0 Å². The number of rotatable bonds is 4. The number of benzene rings is 1. The summed E-state index contributed by atoms with van der Waals surface area (Å²) in [6, 6.07) is 6.00. The Bertz CT molecular complexity index is 493. The second-order valence-corrected chi connectivity index (χ2v) is 4.72. The summed E-state index contributed by atoms with van der Waals surface area (Å²) in [5.41, 5.74) is 2.15. The molecule has 1 aromatic carbocycles. The van der Waals surface area contributed by atoms with Gasteiger partial charge in [0.2, 0.25) is 0 Å². The normalized spacial score (nSPS) is 10.9. The molecule has 4 heteroatoms. The molecule has 0 spiro atoms. The van der Waals surface area contributed by atoms with Crippen molar-refractivity contribution in [3.63, 3.8) is 0 Å². The predicted molar refractivity (Wildman–Crippen MR) is 68.3 cm³/mol. The van der Waals surface area contributed by atoms with Crippen LogP contribution >= 0.6 is 11.8 Å². The molecule has 0 saturated carbocycles. The van der Waals surface area contributed by atoms with Crippen LogP contribution in [0.3, 0.4) is 0 Å². The lowest BCUT2D eigenvalue weighted by atomic mass is 10.3. The van der Waals surface area contributed by atoms with E-state index in [1.54, 1.807) is 18.9 Å². The monoisotopic (exact) mass is 236 g/mol. The van der Waals surface area contributed by atoms with Gasteiger partial charge >= 0.3 is 0 Å². The van der Waals surface area contributed by atoms with Crippen LogP contribution in [0.4, 0.5) is 0 Å². The molecule has 16 heavy (non-hydrogen) atoms. The molecule has 3 nitrogen and oxygen atoms in total. The number of ether oxygens (including phenoxy) is 1. The molecule has 0 bridgehead atoms. The average Bonchev–Trinajstić information content (AvgIpc) is 2.63. The van der Waals surface area contributed by atoms with E-state index in [0.717, 1.165) is 34.1 Å². The molecule has 1 heterocycles. The maximum atomic E-state index is 5.20. The number of aryl methyl sites for hydroxylation is 1. The molecule has 2 rings (SSSR count). The molecule has 0 aliphatic rings. The fourth-order valence-corrected chi connectivity index (χ4v) is 2.45. The Balaban J connectivity index is 2.41. The first-order valence-corrected chi connectivity index (χ1v) is 6.38. The molecule has 0 amide bonds. The SMILES string of the molecule is CCCSc1nc2cc(OC)ccc2n1C. The van der Waals surface area contributed by atoms with Gasteiger partial charge in [-0.3, -0.25) is 0 Å². The van der Waals surface area contributed by atoms with Gasteiger partial charge < -0.3 is 9.30 Å². The Morgan fingerprint density at radius 2 is 2.25 bits per heavy atom. The van der Waals surface area contributed by atoms with E-state index >= 15 is 0 Å². The second kappa shape index (κ2) is 4.78. The molecular weight excluding hydrogens is 220 g/mol. The third kappa shape index (κ3) is 2.02. The van der Waals surface area contributed by atoms with Crippen molar-refractivity contribution in [3.8, 4) is 5.75 Å². The highest BCUT2D eigenvalue weighted by Crippen LogP contribution is 2.25. The van der Waals surface area contributed by atoms with Crippen molar-refractivity contribution < 1.29 is 4.74 Å². The van der Waals surface area contributed by atoms with Gasteiger partial charge in [0, 0.05) is 18.9 Å². The first-order valence-electron chi connectivity index (χ1n) is 5.39. The van der Waals surface area contributed by atoms with Crippen LogP contribution in [0.5, 0.6) is 5.75 Å². The van der Waals surface area contributed by atoms with Crippen molar-refractivity contribution in [2.45, 2.75) is 18.5 Å². The van der Waals surface area contributed by atoms with E-state index in [0.29, 0.717) is 0 Å². The number of imidazole rings is 1. The van der Waals surface area contributed by atoms with Crippen LogP contribution in [-0.2, 0) is 7.05 Å². The van der Waals surface area contributed by atoms with Crippen LogP contribution in [0.2, 0.25) is 0 Å². The molecule has 0 radical (unpaired) electrons. The Kier molecular flexibility index (Phi) is 3.39. The molecular formula is C12H16N2OS. The van der Waals surface area contributed by atoms with E-state index < -0.39 is 0 Å². The standard InChI is InChI=1S/C12H16N2OS/c1-4-7-16-12-13-10-8-9(15-3)5-6-11(10)14(12)2/h5-6,8H,4,7H2,1-3H3. The largest absolute Gasteiger partial charge is 0.497 e. The minimum atomic E-state index is 0.859. The van der Waals surface area contributed by atoms with Crippen LogP contribution in [0, 0.1) is 0 Å². The summed E-state index contributed by atoms with van der Waals surface area (Å²) in [6.45, 7) is 2.18. The average molecular weight is 236 g/mol. The minimum Gasteiger partial charge on any atom is -0.497 e. The highest BCUT2D eigenvalue weighted by atomic mass is 32.2. The highest BCUT2D eigenvalue weighted by molar-refractivity contribution is 7.99. The molecule has 86 valence electrons. The van der Waals surface area contributed by atoms with Gasteiger partial charge in [-0.2, -0.15) is 0 Å². The van der Waals surface area contributed by atoms with E-state index in [1.165, 1.54) is 0 Å². The van der Waals surface area contributed by atoms with Gasteiger partial charge in [-0.1, -0.05) is 18.7 Å². The van der Waals surface area contributed by atoms with Crippen molar-refractivity contribution in [1.82, 2.24) is 9.55 Å². The Hall–Kier alpha value is -1.16. The van der Waals surface area contributed by atoms with E-state index in [-0.39, 0.29) is 0 Å². The molecule has 0 aliphatic heterocycles. The fraction of sp³-hybridized carbons (Fsp3) is 0.417. The van der Waals surface area contributed by atoms with Gasteiger partial charge in [0.05, 0.1) is 18.1 Å². The molecule has 0 atom stereocenters. The summed E-state index contributed by atoms with van der Waals surface area (Å²) >= 11 is 1.80. The Morgan fingerprint density at radius 1 is 1.44 bits per heavy atom. The van der Waals surface area contributed by atoms with Crippen LogP contribution in [0.25, 0.3) is 11.0 Å². The first kappa shape index (κ1) is 11.3. The second-order valence-electron chi connectivity index (χ2n) is 3.66. The first-order chi connectivity index (χ1) is 7.76. The summed E-state index contributed by atoms with van der Waals surface area (Å²) in [4.78, 5) is 4.60. The van der Waals surface area contributed by atoms with Gasteiger partial charge in [-0.05, 0) is 18.6 Å². The maximum Gasteiger partial charge on any atom is 0.168 e. The summed E-state index contributed by atoms with van der Waals surface area (Å²) < 4.78 is 7.33. The predicted octanol–water partition coefficient (Wildman–Crippen LogP) is 3.08. The van der Waals surface area contributed by atoms with Crippen LogP contribution in [-0.4, -0.2) is 22.4 Å². The van der Waals surface area contributed by atoms with E-state index in [4.69, 9.17) is 4.74 Å². The summed E-state index contributed by atoms with van der Waals surface area (Å²) in [5.74, 6) is 1.96. The molecule has 0 saturated heterocycles. The quantitative estimate of drug-likeness (QED) is 0.763. The maximum absolute atomic E-state index is 5.20. The number of thioether (sulfide) groups is 1. The van der Waals surface area contributed by atoms with Gasteiger partial charge in [-0.25, -0.2) is 4.98 Å². The number of methoxy groups -OCH3 is 1. The van der Waals surface area contributed by atoms with E-state index in [1.807, 2.05) is 12.1 Å². The van der Waals surface area contributed by atoms with Gasteiger partial charge in [-0.15, -0.1) is 0 Å². The molecule has 0 aliphatic carbocycles. The van der Waals surface area contributed by atoms with E-state index in [2.05, 4.69) is 29.6 Å². The van der Waals surface area contributed by atoms with Crippen molar-refractivity contribution in [2.24, 2.45) is 7.05 Å². The van der Waals surface area contributed by atoms with Crippen molar-refractivity contribution in [3.05, 3.63) is 18.2 Å². The zero-order chi connectivity index (χ0) is 11.5. The minimum absolute atomic E-state index is 0.859. The van der Waals surface area contributed by atoms with Gasteiger partial charge in [0.15, 0.2) is 5.16 Å². The lowest BCUT2D eigenvalue weighted by molar-refractivity contribution is 0.415. The number of aromatic nitrogens is 2. The van der Waals surface area contributed by atoms with Crippen molar-refractivity contribution >= 4 is 22.8 Å². The lowest BCUT2D eigenvalue weighted by Gasteiger charge is -2.00. The fourth-order valence-electron chi connectivity index (χ4n) is 1.61. The summed E-state index contributed by atoms with van der Waals surface area (Å²) in [7, 11) is 3.73. The van der Waals surface area contributed by atoms with Crippen LogP contribution < -0.4 is 4.74 Å². The third-order valence-electron chi connectivity index (χ3n) is 2.48. The zero-order valence-corrected chi connectivity index (χ0v) is 10.7. The van der Waals surface area contributed by atoms with Gasteiger partial charge in [0.1, 0.15) is 5.75 Å². The van der Waals surface area contributed by atoms with Crippen LogP contribution in [0.1, 0.15) is 13.3 Å². The molecule has 0 fully saturated rings. The zero-order valence-electron chi connectivity index (χ0n) is 9.86. The summed E-state index contributed by atoms with van der Waals surface area (Å²) in [5, 5.41) is 1.07. The Morgan fingerprint density at radius 3 is 2.94 bits per heavy atom. The van der Waals surface area contributed by atoms with Crippen molar-refractivity contribution in [2.75, 3.05) is 12.9 Å². The smallest absolute Gasteiger partial charge is 0.168 e. The third-order valence-corrected chi connectivity index (χ3v) is 3.72. The number of nitrogens with zero attached hydrogens (tertiary/aromatic N) is 2. The summed E-state index contributed by atoms with van der Waals surface area (Å²) in [6.07, 6.45) is 1.16. The lowest BCUT2D eigenvalue weighted by Crippen LogP contribution is -1.91. The number of fused-ring (bicyclic) bond motifs is 1. The molecule has 0 N–H and O–H groups in total. The van der Waals surface area contributed by atoms with E-state index in [9.17, 15) is 0 Å². The number of hydrogen-bond acceptors (Lipinski definition) is 3. The molecule has 0 unspecified atom stereocenters. The van der Waals surface area contributed by atoms with Crippen LogP contribution in [0.15, 0.2) is 23.4 Å². The highest BCUT2D eigenvalue weighted by Gasteiger charge is 2.08.